The Kier molecular flexibility index (Phi) is 19.1. The molecule has 0 amide bonds. The van der Waals surface area contributed by atoms with Crippen molar-refractivity contribution in [2.24, 2.45) is 5.92 Å². The number of Topliss-reactive ketones (excluding diaryl/α,β-unsaturated/α-hetero) is 1. The highest BCUT2D eigenvalue weighted by atomic mass is 19.0. The molecule has 1 aliphatic carbocycles. The summed E-state index contributed by atoms with van der Waals surface area (Å²) in [6.45, 7) is 15.2. The molecule has 0 saturated heterocycles. The van der Waals surface area contributed by atoms with Crippen LogP contribution in [0, 0.1) is 5.92 Å². The molecule has 1 fully saturated rings. The molecule has 158 valence electrons. The van der Waals surface area contributed by atoms with E-state index in [9.17, 15) is 4.79 Å². The number of ketones is 1. The van der Waals surface area contributed by atoms with Crippen LogP contribution in [0.1, 0.15) is 98.3 Å². The van der Waals surface area contributed by atoms with Gasteiger partial charge in [-0.2, -0.15) is 0 Å². The zero-order valence-electron chi connectivity index (χ0n) is 18.1. The maximum atomic E-state index is 10.5. The standard InChI is InChI=1S/C16H36N.C6H10O2.FH/c1-5-9-13-17(14-10-6-2,15-11-7-3)16-12-8-4;7-4-5-1-2-6(8)3-5;/h5-16H2,1-4H3;5,7H,1-4H2;1H/q+1;;/p-1/t;5-;/m.1./s1. The van der Waals surface area contributed by atoms with Crippen molar-refractivity contribution >= 4 is 5.78 Å². The van der Waals surface area contributed by atoms with E-state index in [0.717, 1.165) is 6.42 Å². The van der Waals surface area contributed by atoms with Crippen molar-refractivity contribution in [3.05, 3.63) is 0 Å². The van der Waals surface area contributed by atoms with Crippen LogP contribution in [-0.2, 0) is 4.79 Å². The molecular weight excluding hydrogens is 329 g/mol. The first kappa shape index (κ1) is 27.7. The van der Waals surface area contributed by atoms with Gasteiger partial charge in [0.1, 0.15) is 5.78 Å². The van der Waals surface area contributed by atoms with E-state index in [-0.39, 0.29) is 17.2 Å². The Labute approximate surface area is 162 Å². The lowest BCUT2D eigenvalue weighted by Gasteiger charge is -2.39. The van der Waals surface area contributed by atoms with Gasteiger partial charge in [-0.15, -0.1) is 0 Å². The number of unbranched alkanes of at least 4 members (excludes halogenated alkanes) is 4. The fraction of sp³-hybridized carbons (Fsp3) is 0.955. The normalized spacial score (nSPS) is 16.8. The van der Waals surface area contributed by atoms with Gasteiger partial charge in [0.25, 0.3) is 0 Å². The van der Waals surface area contributed by atoms with Crippen LogP contribution in [0.2, 0.25) is 0 Å². The average molecular weight is 376 g/mol. The van der Waals surface area contributed by atoms with Crippen molar-refractivity contribution in [1.29, 1.82) is 0 Å². The van der Waals surface area contributed by atoms with Crippen molar-refractivity contribution in [2.75, 3.05) is 32.8 Å². The Hall–Kier alpha value is -0.480. The van der Waals surface area contributed by atoms with Crippen molar-refractivity contribution in [3.8, 4) is 0 Å². The van der Waals surface area contributed by atoms with Crippen molar-refractivity contribution in [2.45, 2.75) is 98.3 Å². The fourth-order valence-corrected chi connectivity index (χ4v) is 3.69. The van der Waals surface area contributed by atoms with E-state index in [1.54, 1.807) is 0 Å². The summed E-state index contributed by atoms with van der Waals surface area (Å²) in [6, 6.07) is 0. The number of carbonyl (C=O) groups excluding carboxylic acids is 1. The summed E-state index contributed by atoms with van der Waals surface area (Å²) in [5, 5.41) is 8.53. The monoisotopic (exact) mass is 375 g/mol. The number of quaternary nitrogens is 1. The molecule has 1 saturated carbocycles. The third-order valence-electron chi connectivity index (χ3n) is 5.55. The largest absolute Gasteiger partial charge is 1.00 e. The minimum atomic E-state index is 0. The van der Waals surface area contributed by atoms with Gasteiger partial charge < -0.3 is 14.3 Å². The number of hydrogen-bond acceptors (Lipinski definition) is 2. The van der Waals surface area contributed by atoms with Crippen LogP contribution in [-0.4, -0.2) is 48.2 Å². The smallest absolute Gasteiger partial charge is 0.133 e. The summed E-state index contributed by atoms with van der Waals surface area (Å²) in [5.74, 6) is 0.589. The molecular formula is C22H46FNO2. The van der Waals surface area contributed by atoms with Gasteiger partial charge in [0.15, 0.2) is 0 Å². The third-order valence-corrected chi connectivity index (χ3v) is 5.55. The highest BCUT2D eigenvalue weighted by molar-refractivity contribution is 5.80. The van der Waals surface area contributed by atoms with Gasteiger partial charge in [0, 0.05) is 19.4 Å². The van der Waals surface area contributed by atoms with Gasteiger partial charge in [-0.3, -0.25) is 4.79 Å². The van der Waals surface area contributed by atoms with Crippen LogP contribution in [0.4, 0.5) is 0 Å². The van der Waals surface area contributed by atoms with Crippen LogP contribution in [0.3, 0.4) is 0 Å². The Balaban J connectivity index is 0. The summed E-state index contributed by atoms with van der Waals surface area (Å²) < 4.78 is 1.42. The van der Waals surface area contributed by atoms with Gasteiger partial charge in [-0.25, -0.2) is 0 Å². The molecule has 4 heteroatoms. The molecule has 0 aromatic rings. The quantitative estimate of drug-likeness (QED) is 0.502. The second-order valence-electron chi connectivity index (χ2n) is 7.98. The van der Waals surface area contributed by atoms with Crippen molar-refractivity contribution < 1.29 is 19.1 Å². The van der Waals surface area contributed by atoms with Crippen LogP contribution in [0.25, 0.3) is 0 Å². The Bertz CT molecular complexity index is 286. The Morgan fingerprint density at radius 3 is 1.42 bits per heavy atom. The lowest BCUT2D eigenvalue weighted by atomic mass is 10.1. The van der Waals surface area contributed by atoms with E-state index in [1.165, 1.54) is 82.0 Å². The van der Waals surface area contributed by atoms with Crippen LogP contribution < -0.4 is 4.70 Å². The number of hydrogen-bond donors (Lipinski definition) is 1. The van der Waals surface area contributed by atoms with Crippen molar-refractivity contribution in [3.63, 3.8) is 0 Å². The van der Waals surface area contributed by atoms with Gasteiger partial charge >= 0.3 is 0 Å². The second-order valence-corrected chi connectivity index (χ2v) is 7.98. The molecule has 0 aromatic heterocycles. The second kappa shape index (κ2) is 17.9. The molecule has 3 nitrogen and oxygen atoms in total. The van der Waals surface area contributed by atoms with E-state index in [1.807, 2.05) is 0 Å². The van der Waals surface area contributed by atoms with E-state index >= 15 is 0 Å². The molecule has 26 heavy (non-hydrogen) atoms. The molecule has 0 heterocycles. The van der Waals surface area contributed by atoms with E-state index in [2.05, 4.69) is 27.7 Å². The first-order valence-electron chi connectivity index (χ1n) is 11.0. The lowest BCUT2D eigenvalue weighted by molar-refractivity contribution is -0.929. The molecule has 1 rings (SSSR count). The predicted molar refractivity (Wildman–Crippen MR) is 109 cm³/mol. The van der Waals surface area contributed by atoms with Gasteiger partial charge in [-0.1, -0.05) is 53.4 Å². The topological polar surface area (TPSA) is 37.3 Å². The first-order chi connectivity index (χ1) is 12.1. The zero-order valence-corrected chi connectivity index (χ0v) is 18.1. The van der Waals surface area contributed by atoms with E-state index in [0.29, 0.717) is 18.6 Å². The number of aliphatic hydroxyl groups excluding tert-OH is 1. The molecule has 0 bridgehead atoms. The maximum absolute atomic E-state index is 10.5. The molecule has 0 unspecified atom stereocenters. The summed E-state index contributed by atoms with van der Waals surface area (Å²) in [4.78, 5) is 10.5. The number of carbonyl (C=O) groups is 1. The van der Waals surface area contributed by atoms with Crippen molar-refractivity contribution in [1.82, 2.24) is 0 Å². The van der Waals surface area contributed by atoms with Crippen LogP contribution in [0.5, 0.6) is 0 Å². The van der Waals surface area contributed by atoms with E-state index in [4.69, 9.17) is 5.11 Å². The molecule has 1 aliphatic rings. The Morgan fingerprint density at radius 1 is 0.846 bits per heavy atom. The maximum Gasteiger partial charge on any atom is 0.133 e. The predicted octanol–water partition coefficient (Wildman–Crippen LogP) is 2.36. The zero-order chi connectivity index (χ0) is 19.0. The molecule has 0 radical (unpaired) electrons. The number of rotatable bonds is 13. The highest BCUT2D eigenvalue weighted by Crippen LogP contribution is 2.20. The van der Waals surface area contributed by atoms with Crippen LogP contribution >= 0.6 is 0 Å². The molecule has 1 atom stereocenters. The third kappa shape index (κ3) is 12.8. The minimum Gasteiger partial charge on any atom is -1.00 e. The minimum absolute atomic E-state index is 0. The molecule has 0 aromatic carbocycles. The van der Waals surface area contributed by atoms with E-state index < -0.39 is 0 Å². The highest BCUT2D eigenvalue weighted by Gasteiger charge is 2.24. The number of nitrogens with zero attached hydrogens (tertiary/aromatic N) is 1. The van der Waals surface area contributed by atoms with Gasteiger partial charge in [-0.05, 0) is 38.0 Å². The Morgan fingerprint density at radius 2 is 1.23 bits per heavy atom. The lowest BCUT2D eigenvalue weighted by Crippen LogP contribution is -3.00. The van der Waals surface area contributed by atoms with Gasteiger partial charge in [0.05, 0.1) is 26.2 Å². The molecule has 0 aliphatic heterocycles. The SMILES string of the molecule is CCCC[N+](CCCC)(CCCC)CCCC.O=C1CC[C@@H](CO)C1.[F-]. The summed E-state index contributed by atoms with van der Waals surface area (Å²) in [7, 11) is 0. The first-order valence-corrected chi connectivity index (χ1v) is 11.0. The average Bonchev–Trinajstić information content (AvgIpc) is 3.06. The van der Waals surface area contributed by atoms with Crippen LogP contribution in [0.15, 0.2) is 0 Å². The molecule has 1 N–H and O–H groups in total. The summed E-state index contributed by atoms with van der Waals surface area (Å²) >= 11 is 0. The summed E-state index contributed by atoms with van der Waals surface area (Å²) in [5.41, 5.74) is 0. The fourth-order valence-electron chi connectivity index (χ4n) is 3.69. The molecule has 0 spiro atoms. The number of halogens is 1. The number of aliphatic hydroxyl groups is 1. The summed E-state index contributed by atoms with van der Waals surface area (Å²) in [6.07, 6.45) is 13.3. The van der Waals surface area contributed by atoms with Gasteiger partial charge in [0.2, 0.25) is 0 Å².